The first kappa shape index (κ1) is 23.5. The minimum atomic E-state index is 0.127. The molecule has 188 valence electrons. The Labute approximate surface area is 217 Å². The van der Waals surface area contributed by atoms with Crippen LogP contribution >= 0.6 is 23.1 Å². The SMILES string of the molecule is Cc1cn2c(-c3cn[nH]c3)cnc2c(Nc2cc(CN3CCOCC3)c(C(=O)N3CCSCC3)s2)n1. The van der Waals surface area contributed by atoms with Crippen molar-refractivity contribution in [1.82, 2.24) is 34.4 Å². The second-order valence-electron chi connectivity index (χ2n) is 8.94. The number of amides is 1. The number of ether oxygens (including phenoxy) is 1. The molecule has 0 radical (unpaired) electrons. The summed E-state index contributed by atoms with van der Waals surface area (Å²) in [5.41, 5.74) is 4.53. The van der Waals surface area contributed by atoms with Gasteiger partial charge in [0.1, 0.15) is 0 Å². The molecule has 0 aromatic carbocycles. The molecular formula is C24H28N8O2S2. The standard InChI is InChI=1S/C24H28N8O2S2/c1-16-14-32-19(18-11-26-27-12-18)13-25-23(32)22(28-16)29-20-10-17(15-30-2-6-34-7-3-30)21(36-20)24(33)31-4-8-35-9-5-31/h10-14H,2-9,15H2,1H3,(H,26,27)(H,28,29). The summed E-state index contributed by atoms with van der Waals surface area (Å²) in [6.45, 7) is 7.49. The van der Waals surface area contributed by atoms with Crippen LogP contribution in [0.25, 0.3) is 16.9 Å². The lowest BCUT2D eigenvalue weighted by molar-refractivity contribution is 0.0341. The number of hydrogen-bond donors (Lipinski definition) is 2. The molecule has 2 fully saturated rings. The Balaban J connectivity index is 1.34. The third-order valence-corrected chi connectivity index (χ3v) is 8.47. The van der Waals surface area contributed by atoms with Gasteiger partial charge >= 0.3 is 0 Å². The zero-order chi connectivity index (χ0) is 24.5. The Kier molecular flexibility index (Phi) is 6.65. The van der Waals surface area contributed by atoms with Crippen LogP contribution in [-0.4, -0.2) is 91.2 Å². The highest BCUT2D eigenvalue weighted by atomic mass is 32.2. The molecule has 0 bridgehead atoms. The van der Waals surface area contributed by atoms with Gasteiger partial charge in [0.05, 0.1) is 46.9 Å². The fourth-order valence-electron chi connectivity index (χ4n) is 4.61. The molecule has 2 aliphatic rings. The van der Waals surface area contributed by atoms with Crippen molar-refractivity contribution in [2.45, 2.75) is 13.5 Å². The van der Waals surface area contributed by atoms with Crippen LogP contribution in [0.15, 0.2) is 30.9 Å². The molecule has 1 amide bonds. The van der Waals surface area contributed by atoms with E-state index in [1.807, 2.05) is 46.6 Å². The summed E-state index contributed by atoms with van der Waals surface area (Å²) in [6.07, 6.45) is 7.42. The van der Waals surface area contributed by atoms with Gasteiger partial charge in [-0.15, -0.1) is 11.3 Å². The van der Waals surface area contributed by atoms with Gasteiger partial charge in [-0.3, -0.25) is 19.2 Å². The van der Waals surface area contributed by atoms with Crippen LogP contribution in [0.5, 0.6) is 0 Å². The van der Waals surface area contributed by atoms with Gasteiger partial charge in [0, 0.05) is 62.2 Å². The van der Waals surface area contributed by atoms with E-state index in [0.29, 0.717) is 5.82 Å². The summed E-state index contributed by atoms with van der Waals surface area (Å²) >= 11 is 3.41. The van der Waals surface area contributed by atoms with Gasteiger partial charge in [0.15, 0.2) is 11.5 Å². The lowest BCUT2D eigenvalue weighted by Gasteiger charge is -2.28. The van der Waals surface area contributed by atoms with Crippen molar-refractivity contribution in [3.05, 3.63) is 47.0 Å². The van der Waals surface area contributed by atoms with Gasteiger partial charge in [0.25, 0.3) is 5.91 Å². The third kappa shape index (κ3) is 4.73. The fourth-order valence-corrected chi connectivity index (χ4v) is 6.56. The summed E-state index contributed by atoms with van der Waals surface area (Å²) in [5.74, 6) is 2.77. The van der Waals surface area contributed by atoms with Crippen LogP contribution in [0.4, 0.5) is 10.8 Å². The monoisotopic (exact) mass is 524 g/mol. The van der Waals surface area contributed by atoms with Crippen LogP contribution in [0.2, 0.25) is 0 Å². The predicted molar refractivity (Wildman–Crippen MR) is 142 cm³/mol. The summed E-state index contributed by atoms with van der Waals surface area (Å²) in [6, 6.07) is 2.10. The van der Waals surface area contributed by atoms with Crippen molar-refractivity contribution in [3.8, 4) is 11.3 Å². The third-order valence-electron chi connectivity index (χ3n) is 6.45. The molecule has 0 aliphatic carbocycles. The average Bonchev–Trinajstić information content (AvgIpc) is 3.65. The van der Waals surface area contributed by atoms with Crippen molar-refractivity contribution in [2.24, 2.45) is 0 Å². The minimum absolute atomic E-state index is 0.127. The van der Waals surface area contributed by atoms with Gasteiger partial charge in [0.2, 0.25) is 0 Å². The van der Waals surface area contributed by atoms with Gasteiger partial charge in [-0.05, 0) is 18.6 Å². The number of nitrogens with one attached hydrogen (secondary N) is 2. The van der Waals surface area contributed by atoms with Crippen molar-refractivity contribution in [1.29, 1.82) is 0 Å². The van der Waals surface area contributed by atoms with Gasteiger partial charge < -0.3 is 15.0 Å². The van der Waals surface area contributed by atoms with E-state index in [0.717, 1.165) is 95.5 Å². The summed E-state index contributed by atoms with van der Waals surface area (Å²) in [7, 11) is 0. The molecule has 0 spiro atoms. The molecule has 2 saturated heterocycles. The highest BCUT2D eigenvalue weighted by molar-refractivity contribution is 7.99. The van der Waals surface area contributed by atoms with E-state index in [1.54, 1.807) is 6.20 Å². The molecule has 0 saturated carbocycles. The molecule has 6 rings (SSSR count). The molecule has 10 nitrogen and oxygen atoms in total. The van der Waals surface area contributed by atoms with E-state index in [9.17, 15) is 4.79 Å². The topological polar surface area (TPSA) is 104 Å². The van der Waals surface area contributed by atoms with Crippen LogP contribution in [-0.2, 0) is 11.3 Å². The number of aromatic amines is 1. The Morgan fingerprint density at radius 2 is 2.03 bits per heavy atom. The highest BCUT2D eigenvalue weighted by Gasteiger charge is 2.25. The number of aromatic nitrogens is 5. The number of rotatable bonds is 6. The number of carbonyl (C=O) groups excluding carboxylic acids is 1. The fraction of sp³-hybridized carbons (Fsp3) is 0.417. The quantitative estimate of drug-likeness (QED) is 0.396. The Hall–Kier alpha value is -2.93. The lowest BCUT2D eigenvalue weighted by Crippen LogP contribution is -2.39. The number of morpholine rings is 1. The van der Waals surface area contributed by atoms with Gasteiger partial charge in [-0.2, -0.15) is 16.9 Å². The molecule has 0 unspecified atom stereocenters. The number of aryl methyl sites for hydroxylation is 1. The number of thioether (sulfide) groups is 1. The number of carbonyl (C=O) groups is 1. The first-order chi connectivity index (χ1) is 17.7. The van der Waals surface area contributed by atoms with Gasteiger partial charge in [-0.1, -0.05) is 0 Å². The maximum atomic E-state index is 13.5. The van der Waals surface area contributed by atoms with Crippen LogP contribution in [0, 0.1) is 6.92 Å². The van der Waals surface area contributed by atoms with Crippen LogP contribution in [0.1, 0.15) is 20.9 Å². The number of imidazole rings is 1. The molecule has 2 aliphatic heterocycles. The number of nitrogens with zero attached hydrogens (tertiary/aromatic N) is 6. The number of hydrogen-bond acceptors (Lipinski definition) is 9. The maximum absolute atomic E-state index is 13.5. The summed E-state index contributed by atoms with van der Waals surface area (Å²) < 4.78 is 7.55. The van der Waals surface area contributed by atoms with Crippen molar-refractivity contribution in [3.63, 3.8) is 0 Å². The van der Waals surface area contributed by atoms with Crippen molar-refractivity contribution in [2.75, 3.05) is 56.2 Å². The van der Waals surface area contributed by atoms with E-state index >= 15 is 0 Å². The minimum Gasteiger partial charge on any atom is -0.379 e. The van der Waals surface area contributed by atoms with Gasteiger partial charge in [-0.25, -0.2) is 9.97 Å². The lowest BCUT2D eigenvalue weighted by atomic mass is 10.2. The molecular weight excluding hydrogens is 496 g/mol. The zero-order valence-electron chi connectivity index (χ0n) is 20.1. The Bertz CT molecular complexity index is 1350. The van der Waals surface area contributed by atoms with E-state index in [-0.39, 0.29) is 5.91 Å². The van der Waals surface area contributed by atoms with E-state index in [1.165, 1.54) is 11.3 Å². The van der Waals surface area contributed by atoms with E-state index < -0.39 is 0 Å². The van der Waals surface area contributed by atoms with E-state index in [4.69, 9.17) is 9.72 Å². The number of anilines is 2. The smallest absolute Gasteiger partial charge is 0.264 e. The summed E-state index contributed by atoms with van der Waals surface area (Å²) in [4.78, 5) is 28.1. The second kappa shape index (κ2) is 10.2. The molecule has 2 N–H and O–H groups in total. The molecule has 4 aromatic heterocycles. The van der Waals surface area contributed by atoms with Crippen molar-refractivity contribution < 1.29 is 9.53 Å². The Morgan fingerprint density at radius 3 is 2.81 bits per heavy atom. The maximum Gasteiger partial charge on any atom is 0.264 e. The molecule has 12 heteroatoms. The number of thiophene rings is 1. The first-order valence-corrected chi connectivity index (χ1v) is 14.0. The van der Waals surface area contributed by atoms with Crippen LogP contribution < -0.4 is 5.32 Å². The molecule has 4 aromatic rings. The molecule has 0 atom stereocenters. The highest BCUT2D eigenvalue weighted by Crippen LogP contribution is 2.34. The average molecular weight is 525 g/mol. The molecule has 36 heavy (non-hydrogen) atoms. The Morgan fingerprint density at radius 1 is 1.19 bits per heavy atom. The normalized spacial score (nSPS) is 17.1. The largest absolute Gasteiger partial charge is 0.379 e. The molecule has 6 heterocycles. The van der Waals surface area contributed by atoms with Crippen molar-refractivity contribution >= 4 is 45.5 Å². The first-order valence-electron chi connectivity index (χ1n) is 12.1. The zero-order valence-corrected chi connectivity index (χ0v) is 21.7. The predicted octanol–water partition coefficient (Wildman–Crippen LogP) is 3.25. The number of H-pyrrole nitrogens is 1. The summed E-state index contributed by atoms with van der Waals surface area (Å²) in [5, 5.41) is 11.3. The van der Waals surface area contributed by atoms with E-state index in [2.05, 4.69) is 31.5 Å². The van der Waals surface area contributed by atoms with Crippen LogP contribution in [0.3, 0.4) is 0 Å². The second-order valence-corrected chi connectivity index (χ2v) is 11.2. The number of fused-ring (bicyclic) bond motifs is 1.